The minimum atomic E-state index is -0.407. The number of ether oxygens (including phenoxy) is 2. The van der Waals surface area contributed by atoms with Crippen molar-refractivity contribution in [2.45, 2.75) is 42.8 Å². The summed E-state index contributed by atoms with van der Waals surface area (Å²) < 4.78 is 10.7. The number of thiophene rings is 1. The molecule has 36 heavy (non-hydrogen) atoms. The van der Waals surface area contributed by atoms with E-state index in [1.54, 1.807) is 24.3 Å². The van der Waals surface area contributed by atoms with Crippen molar-refractivity contribution in [3.63, 3.8) is 0 Å². The highest BCUT2D eigenvalue weighted by Gasteiger charge is 2.24. The Kier molecular flexibility index (Phi) is 8.18. The Labute approximate surface area is 218 Å². The topological polar surface area (TPSA) is 100 Å². The van der Waals surface area contributed by atoms with Crippen LogP contribution in [0.15, 0.2) is 47.4 Å². The number of nitriles is 1. The van der Waals surface area contributed by atoms with Crippen molar-refractivity contribution in [1.29, 1.82) is 5.26 Å². The first-order valence-electron chi connectivity index (χ1n) is 11.6. The predicted octanol–water partition coefficient (Wildman–Crippen LogP) is 5.89. The van der Waals surface area contributed by atoms with Gasteiger partial charge >= 0.3 is 0 Å². The van der Waals surface area contributed by atoms with Crippen molar-refractivity contribution in [2.75, 3.05) is 24.9 Å². The van der Waals surface area contributed by atoms with Crippen LogP contribution in [0.25, 0.3) is 0 Å². The van der Waals surface area contributed by atoms with E-state index in [0.717, 1.165) is 36.1 Å². The lowest BCUT2D eigenvalue weighted by Gasteiger charge is -2.14. The van der Waals surface area contributed by atoms with Gasteiger partial charge in [-0.05, 0) is 68.5 Å². The molecule has 1 heterocycles. The van der Waals surface area contributed by atoms with E-state index in [2.05, 4.69) is 16.7 Å². The summed E-state index contributed by atoms with van der Waals surface area (Å²) in [4.78, 5) is 28.0. The number of hydrogen-bond acceptors (Lipinski definition) is 7. The minimum Gasteiger partial charge on any atom is -0.496 e. The first kappa shape index (κ1) is 25.6. The van der Waals surface area contributed by atoms with E-state index in [-0.39, 0.29) is 11.8 Å². The van der Waals surface area contributed by atoms with Crippen LogP contribution < -0.4 is 20.1 Å². The first-order chi connectivity index (χ1) is 17.4. The average Bonchev–Trinajstić information content (AvgIpc) is 3.24. The molecule has 1 atom stereocenters. The van der Waals surface area contributed by atoms with E-state index >= 15 is 0 Å². The van der Waals surface area contributed by atoms with Crippen molar-refractivity contribution < 1.29 is 19.1 Å². The first-order valence-corrected chi connectivity index (χ1v) is 13.3. The van der Waals surface area contributed by atoms with Gasteiger partial charge in [-0.15, -0.1) is 23.1 Å². The molecule has 2 N–H and O–H groups in total. The third-order valence-corrected chi connectivity index (χ3v) is 8.25. The molecular weight excluding hydrogens is 494 g/mol. The highest BCUT2D eigenvalue weighted by Crippen LogP contribution is 2.38. The van der Waals surface area contributed by atoms with E-state index in [9.17, 15) is 14.9 Å². The number of nitrogens with one attached hydrogen (secondary N) is 2. The van der Waals surface area contributed by atoms with E-state index in [1.165, 1.54) is 42.2 Å². The van der Waals surface area contributed by atoms with Crippen molar-refractivity contribution in [3.8, 4) is 17.6 Å². The van der Waals surface area contributed by atoms with Crippen LogP contribution in [0, 0.1) is 11.3 Å². The van der Waals surface area contributed by atoms with Crippen LogP contribution in [0.4, 0.5) is 10.7 Å². The molecule has 0 saturated heterocycles. The zero-order valence-corrected chi connectivity index (χ0v) is 22.0. The molecule has 0 spiro atoms. The number of fused-ring (bicyclic) bond motifs is 1. The lowest BCUT2D eigenvalue weighted by atomic mass is 9.96. The largest absolute Gasteiger partial charge is 0.496 e. The van der Waals surface area contributed by atoms with Gasteiger partial charge in [-0.25, -0.2) is 0 Å². The summed E-state index contributed by atoms with van der Waals surface area (Å²) in [6, 6.07) is 14.7. The fraction of sp³-hybridized carbons (Fsp3) is 0.296. The Morgan fingerprint density at radius 1 is 1.06 bits per heavy atom. The number of aryl methyl sites for hydroxylation is 1. The van der Waals surface area contributed by atoms with Gasteiger partial charge in [-0.1, -0.05) is 12.1 Å². The summed E-state index contributed by atoms with van der Waals surface area (Å²) in [5.41, 5.74) is 2.60. The Morgan fingerprint density at radius 3 is 2.44 bits per heavy atom. The van der Waals surface area contributed by atoms with E-state index < -0.39 is 5.25 Å². The number of thioether (sulfide) groups is 1. The summed E-state index contributed by atoms with van der Waals surface area (Å²) in [6.07, 6.45) is 4.06. The third-order valence-electron chi connectivity index (χ3n) is 5.95. The van der Waals surface area contributed by atoms with Gasteiger partial charge in [0, 0.05) is 15.5 Å². The average molecular weight is 522 g/mol. The molecule has 186 valence electrons. The maximum absolute atomic E-state index is 13.0. The van der Waals surface area contributed by atoms with Gasteiger partial charge < -0.3 is 20.1 Å². The highest BCUT2D eigenvalue weighted by atomic mass is 32.2. The number of anilines is 2. The van der Waals surface area contributed by atoms with Crippen LogP contribution in [0.2, 0.25) is 0 Å². The molecule has 0 radical (unpaired) electrons. The molecule has 0 aliphatic heterocycles. The number of methoxy groups -OCH3 is 2. The molecule has 0 fully saturated rings. The summed E-state index contributed by atoms with van der Waals surface area (Å²) in [5, 5.41) is 15.7. The molecule has 7 nitrogen and oxygen atoms in total. The molecule has 2 amide bonds. The van der Waals surface area contributed by atoms with Gasteiger partial charge in [0.2, 0.25) is 5.91 Å². The van der Waals surface area contributed by atoms with Gasteiger partial charge in [0.25, 0.3) is 5.91 Å². The SMILES string of the molecule is COc1cccc(OC)c1C(=O)Nc1cccc(SC(C)C(=O)Nc2sc3c(c2C#N)CCCC3)c1. The van der Waals surface area contributed by atoms with Crippen LogP contribution in [0.5, 0.6) is 11.5 Å². The third kappa shape index (κ3) is 5.50. The van der Waals surface area contributed by atoms with Crippen LogP contribution in [0.3, 0.4) is 0 Å². The van der Waals surface area contributed by atoms with Crippen LogP contribution in [0.1, 0.15) is 46.1 Å². The van der Waals surface area contributed by atoms with Crippen LogP contribution in [-0.2, 0) is 17.6 Å². The molecular formula is C27H27N3O4S2. The smallest absolute Gasteiger partial charge is 0.263 e. The Bertz CT molecular complexity index is 1310. The molecule has 3 aromatic rings. The number of hydrogen-bond donors (Lipinski definition) is 2. The predicted molar refractivity (Wildman–Crippen MR) is 144 cm³/mol. The van der Waals surface area contributed by atoms with Crippen molar-refractivity contribution >= 4 is 45.6 Å². The highest BCUT2D eigenvalue weighted by molar-refractivity contribution is 8.00. The standard InChI is InChI=1S/C27H27N3O4S2/c1-16(25(31)30-27-20(15-28)19-10-4-5-13-23(19)36-27)35-18-9-6-8-17(14-18)29-26(32)24-21(33-2)11-7-12-22(24)34-3/h6-9,11-12,14,16H,4-5,10,13H2,1-3H3,(H,29,32)(H,30,31). The summed E-state index contributed by atoms with van der Waals surface area (Å²) in [5.74, 6) is 0.301. The number of rotatable bonds is 8. The fourth-order valence-corrected chi connectivity index (χ4v) is 6.33. The van der Waals surface area contributed by atoms with Crippen molar-refractivity contribution in [3.05, 3.63) is 64.0 Å². The number of carbonyl (C=O) groups is 2. The van der Waals surface area contributed by atoms with Gasteiger partial charge in [0.05, 0.1) is 25.0 Å². The molecule has 1 unspecified atom stereocenters. The van der Waals surface area contributed by atoms with Crippen molar-refractivity contribution in [1.82, 2.24) is 0 Å². The van der Waals surface area contributed by atoms with E-state index in [4.69, 9.17) is 9.47 Å². The lowest BCUT2D eigenvalue weighted by Crippen LogP contribution is -2.22. The number of benzene rings is 2. The van der Waals surface area contributed by atoms with Gasteiger partial charge in [-0.3, -0.25) is 9.59 Å². The van der Waals surface area contributed by atoms with Gasteiger partial charge in [-0.2, -0.15) is 5.26 Å². The van der Waals surface area contributed by atoms with Gasteiger partial charge in [0.1, 0.15) is 28.1 Å². The monoisotopic (exact) mass is 521 g/mol. The normalized spacial score (nSPS) is 13.2. The zero-order chi connectivity index (χ0) is 25.7. The second kappa shape index (κ2) is 11.5. The molecule has 1 aliphatic carbocycles. The lowest BCUT2D eigenvalue weighted by molar-refractivity contribution is -0.115. The van der Waals surface area contributed by atoms with Crippen molar-refractivity contribution in [2.24, 2.45) is 0 Å². The maximum Gasteiger partial charge on any atom is 0.263 e. The van der Waals surface area contributed by atoms with Gasteiger partial charge in [0.15, 0.2) is 0 Å². The number of carbonyl (C=O) groups excluding carboxylic acids is 2. The van der Waals surface area contributed by atoms with E-state index in [1.807, 2.05) is 25.1 Å². The quantitative estimate of drug-likeness (QED) is 0.359. The van der Waals surface area contributed by atoms with E-state index in [0.29, 0.717) is 33.3 Å². The molecule has 4 rings (SSSR count). The number of amides is 2. The fourth-order valence-electron chi connectivity index (χ4n) is 4.16. The Balaban J connectivity index is 1.44. The molecule has 1 aromatic heterocycles. The minimum absolute atomic E-state index is 0.164. The Hall–Kier alpha value is -3.48. The Morgan fingerprint density at radius 2 is 1.75 bits per heavy atom. The van der Waals surface area contributed by atoms with Crippen LogP contribution >= 0.6 is 23.1 Å². The molecule has 9 heteroatoms. The summed E-state index contributed by atoms with van der Waals surface area (Å²) in [7, 11) is 3.00. The molecule has 0 saturated carbocycles. The molecule has 2 aromatic carbocycles. The summed E-state index contributed by atoms with van der Waals surface area (Å²) in [6.45, 7) is 1.82. The van der Waals surface area contributed by atoms with Crippen LogP contribution in [-0.4, -0.2) is 31.3 Å². The second-order valence-electron chi connectivity index (χ2n) is 8.30. The molecule has 0 bridgehead atoms. The number of nitrogens with zero attached hydrogens (tertiary/aromatic N) is 1. The zero-order valence-electron chi connectivity index (χ0n) is 20.3. The summed E-state index contributed by atoms with van der Waals surface area (Å²) >= 11 is 2.90. The second-order valence-corrected chi connectivity index (χ2v) is 10.8. The maximum atomic E-state index is 13.0. The molecule has 1 aliphatic rings.